The molecule has 0 aliphatic rings. The minimum Gasteiger partial charge on any atom is -0.477 e. The fraction of sp³-hybridized carbons (Fsp3) is 0.200. The molecule has 5 heteroatoms. The highest BCUT2D eigenvalue weighted by Gasteiger charge is 2.09. The summed E-state index contributed by atoms with van der Waals surface area (Å²) in [5.74, 6) is -1.03. The molecule has 10 heavy (non-hydrogen) atoms. The second-order valence-electron chi connectivity index (χ2n) is 1.78. The van der Waals surface area contributed by atoms with E-state index in [2.05, 4.69) is 10.2 Å². The predicted octanol–water partition coefficient (Wildman–Crippen LogP) is -0.433. The number of aromatic amines is 1. The van der Waals surface area contributed by atoms with Gasteiger partial charge in [-0.25, -0.2) is 4.79 Å². The Labute approximate surface area is 56.9 Å². The van der Waals surface area contributed by atoms with Gasteiger partial charge >= 0.3 is 5.97 Å². The molecule has 0 saturated heterocycles. The van der Waals surface area contributed by atoms with Crippen LogP contribution in [0.3, 0.4) is 0 Å². The Kier molecular flexibility index (Phi) is 1.68. The Balaban J connectivity index is 3.01. The van der Waals surface area contributed by atoms with Crippen molar-refractivity contribution in [1.82, 2.24) is 10.2 Å². The van der Waals surface area contributed by atoms with E-state index < -0.39 is 5.97 Å². The minimum atomic E-state index is -1.03. The maximum absolute atomic E-state index is 10.3. The summed E-state index contributed by atoms with van der Waals surface area (Å²) in [6.45, 7) is 0.193. The molecule has 0 aliphatic carbocycles. The van der Waals surface area contributed by atoms with Gasteiger partial charge in [-0.1, -0.05) is 0 Å². The van der Waals surface area contributed by atoms with Crippen LogP contribution in [0, 0.1) is 0 Å². The summed E-state index contributed by atoms with van der Waals surface area (Å²) in [5, 5.41) is 14.3. The normalized spacial score (nSPS) is 9.70. The van der Waals surface area contributed by atoms with E-state index in [-0.39, 0.29) is 12.2 Å². The highest BCUT2D eigenvalue weighted by molar-refractivity contribution is 5.86. The molecular weight excluding hydrogens is 134 g/mol. The van der Waals surface area contributed by atoms with Gasteiger partial charge in [0.25, 0.3) is 0 Å². The van der Waals surface area contributed by atoms with Crippen molar-refractivity contribution in [3.8, 4) is 0 Å². The van der Waals surface area contributed by atoms with E-state index in [1.54, 1.807) is 0 Å². The molecule has 0 fully saturated rings. The number of carbonyl (C=O) groups is 1. The van der Waals surface area contributed by atoms with Gasteiger partial charge < -0.3 is 10.8 Å². The van der Waals surface area contributed by atoms with E-state index in [1.165, 1.54) is 6.20 Å². The van der Waals surface area contributed by atoms with Crippen LogP contribution in [-0.2, 0) is 6.54 Å². The zero-order valence-corrected chi connectivity index (χ0v) is 5.16. The van der Waals surface area contributed by atoms with E-state index in [1.807, 2.05) is 0 Å². The maximum Gasteiger partial charge on any atom is 0.354 e. The number of nitrogens with two attached hydrogens (primary N) is 1. The first-order chi connectivity index (χ1) is 4.75. The quantitative estimate of drug-likeness (QED) is 0.521. The van der Waals surface area contributed by atoms with Crippen LogP contribution in [0.5, 0.6) is 0 Å². The lowest BCUT2D eigenvalue weighted by Crippen LogP contribution is -2.04. The minimum absolute atomic E-state index is 0.0718. The summed E-state index contributed by atoms with van der Waals surface area (Å²) in [6.07, 6.45) is 1.41. The van der Waals surface area contributed by atoms with Gasteiger partial charge in [0.05, 0.1) is 6.20 Å². The van der Waals surface area contributed by atoms with Gasteiger partial charge in [-0.15, -0.1) is 0 Å². The van der Waals surface area contributed by atoms with Gasteiger partial charge in [0, 0.05) is 12.1 Å². The molecule has 1 heterocycles. The standard InChI is InChI=1S/C5H7N3O2/c6-1-3-2-7-8-4(3)5(9)10/h2H,1,6H2,(H,7,8)(H,9,10). The van der Waals surface area contributed by atoms with Crippen molar-refractivity contribution in [2.45, 2.75) is 6.54 Å². The highest BCUT2D eigenvalue weighted by Crippen LogP contribution is 2.01. The predicted molar refractivity (Wildman–Crippen MR) is 33.4 cm³/mol. The summed E-state index contributed by atoms with van der Waals surface area (Å²) in [5.41, 5.74) is 5.80. The third kappa shape index (κ3) is 0.985. The van der Waals surface area contributed by atoms with E-state index >= 15 is 0 Å². The van der Waals surface area contributed by atoms with Gasteiger partial charge in [0.15, 0.2) is 0 Å². The molecule has 0 unspecified atom stereocenters. The Bertz CT molecular complexity index is 243. The van der Waals surface area contributed by atoms with Crippen LogP contribution in [0.2, 0.25) is 0 Å². The fourth-order valence-corrected chi connectivity index (χ4v) is 0.651. The van der Waals surface area contributed by atoms with Gasteiger partial charge in [-0.3, -0.25) is 5.10 Å². The van der Waals surface area contributed by atoms with E-state index in [9.17, 15) is 4.79 Å². The average molecular weight is 141 g/mol. The molecule has 0 bridgehead atoms. The van der Waals surface area contributed by atoms with Gasteiger partial charge in [-0.05, 0) is 0 Å². The molecule has 0 spiro atoms. The smallest absolute Gasteiger partial charge is 0.354 e. The Morgan fingerprint density at radius 2 is 2.60 bits per heavy atom. The third-order valence-corrected chi connectivity index (χ3v) is 1.15. The first-order valence-electron chi connectivity index (χ1n) is 2.71. The van der Waals surface area contributed by atoms with Crippen molar-refractivity contribution in [3.05, 3.63) is 17.5 Å². The largest absolute Gasteiger partial charge is 0.477 e. The number of carboxylic acid groups (broad SMARTS) is 1. The summed E-state index contributed by atoms with van der Waals surface area (Å²) >= 11 is 0. The molecule has 54 valence electrons. The van der Waals surface area contributed by atoms with Crippen molar-refractivity contribution >= 4 is 5.97 Å². The molecule has 1 aromatic heterocycles. The number of nitrogens with zero attached hydrogens (tertiary/aromatic N) is 1. The lowest BCUT2D eigenvalue weighted by Gasteiger charge is -1.90. The van der Waals surface area contributed by atoms with Crippen LogP contribution >= 0.6 is 0 Å². The van der Waals surface area contributed by atoms with E-state index in [0.717, 1.165) is 0 Å². The van der Waals surface area contributed by atoms with Crippen molar-refractivity contribution in [1.29, 1.82) is 0 Å². The molecule has 1 rings (SSSR count). The number of nitrogens with one attached hydrogen (secondary N) is 1. The first kappa shape index (κ1) is 6.76. The fourth-order valence-electron chi connectivity index (χ4n) is 0.651. The molecular formula is C5H7N3O2. The number of hydrogen-bond donors (Lipinski definition) is 3. The molecule has 4 N–H and O–H groups in total. The Morgan fingerprint density at radius 3 is 3.00 bits per heavy atom. The zero-order valence-electron chi connectivity index (χ0n) is 5.16. The third-order valence-electron chi connectivity index (χ3n) is 1.15. The maximum atomic E-state index is 10.3. The number of hydrogen-bond acceptors (Lipinski definition) is 3. The molecule has 0 radical (unpaired) electrons. The van der Waals surface area contributed by atoms with Gasteiger partial charge in [0.2, 0.25) is 0 Å². The zero-order chi connectivity index (χ0) is 7.56. The van der Waals surface area contributed by atoms with Crippen molar-refractivity contribution in [2.24, 2.45) is 5.73 Å². The molecule has 5 nitrogen and oxygen atoms in total. The van der Waals surface area contributed by atoms with Crippen LogP contribution in [0.4, 0.5) is 0 Å². The van der Waals surface area contributed by atoms with Crippen molar-refractivity contribution in [3.63, 3.8) is 0 Å². The van der Waals surface area contributed by atoms with Gasteiger partial charge in [0.1, 0.15) is 5.69 Å². The molecule has 0 atom stereocenters. The summed E-state index contributed by atoms with van der Waals surface area (Å²) in [4.78, 5) is 10.3. The monoisotopic (exact) mass is 141 g/mol. The second-order valence-corrected chi connectivity index (χ2v) is 1.78. The van der Waals surface area contributed by atoms with Crippen LogP contribution < -0.4 is 5.73 Å². The second kappa shape index (κ2) is 2.49. The Hall–Kier alpha value is -1.36. The SMILES string of the molecule is NCc1cn[nH]c1C(=O)O. The van der Waals surface area contributed by atoms with Crippen LogP contribution in [0.1, 0.15) is 16.1 Å². The lowest BCUT2D eigenvalue weighted by atomic mass is 10.2. The number of carboxylic acids is 1. The molecule has 1 aromatic rings. The van der Waals surface area contributed by atoms with Crippen LogP contribution in [-0.4, -0.2) is 21.3 Å². The summed E-state index contributed by atoms with van der Waals surface area (Å²) in [6, 6.07) is 0. The molecule has 0 aliphatic heterocycles. The van der Waals surface area contributed by atoms with Crippen LogP contribution in [0.15, 0.2) is 6.20 Å². The van der Waals surface area contributed by atoms with Crippen molar-refractivity contribution < 1.29 is 9.90 Å². The number of H-pyrrole nitrogens is 1. The van der Waals surface area contributed by atoms with E-state index in [0.29, 0.717) is 5.56 Å². The Morgan fingerprint density at radius 1 is 1.90 bits per heavy atom. The highest BCUT2D eigenvalue weighted by atomic mass is 16.4. The lowest BCUT2D eigenvalue weighted by molar-refractivity contribution is 0.0689. The molecule has 0 aromatic carbocycles. The summed E-state index contributed by atoms with van der Waals surface area (Å²) in [7, 11) is 0. The number of aromatic carboxylic acids is 1. The van der Waals surface area contributed by atoms with Crippen molar-refractivity contribution in [2.75, 3.05) is 0 Å². The summed E-state index contributed by atoms with van der Waals surface area (Å²) < 4.78 is 0. The molecule has 0 saturated carbocycles. The molecule has 0 amide bonds. The topological polar surface area (TPSA) is 92.0 Å². The van der Waals surface area contributed by atoms with E-state index in [4.69, 9.17) is 10.8 Å². The van der Waals surface area contributed by atoms with Crippen LogP contribution in [0.25, 0.3) is 0 Å². The number of rotatable bonds is 2. The average Bonchev–Trinajstić information content (AvgIpc) is 2.33. The number of aromatic nitrogens is 2. The first-order valence-corrected chi connectivity index (χ1v) is 2.71. The van der Waals surface area contributed by atoms with Gasteiger partial charge in [-0.2, -0.15) is 5.10 Å².